The monoisotopic (exact) mass is 269 g/mol. The van der Waals surface area contributed by atoms with Gasteiger partial charge in [-0.1, -0.05) is 31.5 Å². The highest BCUT2D eigenvalue weighted by Crippen LogP contribution is 2.13. The lowest BCUT2D eigenvalue weighted by Crippen LogP contribution is -2.35. The van der Waals surface area contributed by atoms with Gasteiger partial charge in [-0.3, -0.25) is 4.79 Å². The molecule has 0 saturated heterocycles. The normalized spacial score (nSPS) is 11.6. The first-order valence-electron chi connectivity index (χ1n) is 6.04. The van der Waals surface area contributed by atoms with E-state index in [0.29, 0.717) is 12.8 Å². The topological polar surface area (TPSA) is 63.2 Å². The molecule has 0 heterocycles. The number of nitrogens with one attached hydrogen (secondary N) is 1. The summed E-state index contributed by atoms with van der Waals surface area (Å²) < 4.78 is 26.0. The Morgan fingerprint density at radius 2 is 1.67 bits per heavy atom. The van der Waals surface area contributed by atoms with Gasteiger partial charge in [0.25, 0.3) is 10.0 Å². The van der Waals surface area contributed by atoms with Crippen LogP contribution in [0.25, 0.3) is 0 Å². The van der Waals surface area contributed by atoms with Gasteiger partial charge in [0.2, 0.25) is 5.91 Å². The zero-order valence-electron chi connectivity index (χ0n) is 10.9. The molecule has 1 amide bonds. The molecule has 0 radical (unpaired) electrons. The highest BCUT2D eigenvalue weighted by atomic mass is 32.2. The van der Waals surface area contributed by atoms with Crippen LogP contribution in [-0.2, 0) is 14.8 Å². The molecule has 0 aromatic heterocycles. The van der Waals surface area contributed by atoms with Crippen LogP contribution in [-0.4, -0.2) is 14.3 Å². The third kappa shape index (κ3) is 3.57. The fourth-order valence-electron chi connectivity index (χ4n) is 1.65. The molecule has 0 aliphatic heterocycles. The lowest BCUT2D eigenvalue weighted by atomic mass is 10.0. The van der Waals surface area contributed by atoms with Crippen molar-refractivity contribution in [2.75, 3.05) is 0 Å². The summed E-state index contributed by atoms with van der Waals surface area (Å²) >= 11 is 0. The molecule has 1 N–H and O–H groups in total. The maximum atomic E-state index is 12.0. The third-order valence-corrected chi connectivity index (χ3v) is 4.29. The summed E-state index contributed by atoms with van der Waals surface area (Å²) in [5, 5.41) is 0. The molecule has 0 spiro atoms. The van der Waals surface area contributed by atoms with E-state index in [9.17, 15) is 13.2 Å². The number of carbonyl (C=O) groups is 1. The van der Waals surface area contributed by atoms with Gasteiger partial charge in [0.1, 0.15) is 0 Å². The molecule has 0 aliphatic carbocycles. The van der Waals surface area contributed by atoms with Crippen LogP contribution in [0.2, 0.25) is 0 Å². The Labute approximate surface area is 108 Å². The van der Waals surface area contributed by atoms with Crippen molar-refractivity contribution in [3.63, 3.8) is 0 Å². The smallest absolute Gasteiger partial charge is 0.264 e. The largest absolute Gasteiger partial charge is 0.274 e. The van der Waals surface area contributed by atoms with Crippen molar-refractivity contribution in [2.45, 2.75) is 38.5 Å². The number of hydrogen-bond acceptors (Lipinski definition) is 3. The van der Waals surface area contributed by atoms with Crippen LogP contribution in [0.5, 0.6) is 0 Å². The second-order valence-electron chi connectivity index (χ2n) is 4.30. The first kappa shape index (κ1) is 14.7. The minimum Gasteiger partial charge on any atom is -0.274 e. The zero-order chi connectivity index (χ0) is 13.8. The Balaban J connectivity index is 2.89. The number of carbonyl (C=O) groups excluding carboxylic acids is 1. The van der Waals surface area contributed by atoms with Crippen LogP contribution in [0.3, 0.4) is 0 Å². The Bertz CT molecular complexity index is 502. The second-order valence-corrected chi connectivity index (χ2v) is 5.98. The number of amides is 1. The second kappa shape index (κ2) is 6.00. The van der Waals surface area contributed by atoms with Crippen molar-refractivity contribution in [3.05, 3.63) is 29.8 Å². The molecule has 18 heavy (non-hydrogen) atoms. The molecule has 0 unspecified atom stereocenters. The molecule has 1 rings (SSSR count). The van der Waals surface area contributed by atoms with Crippen molar-refractivity contribution in [2.24, 2.45) is 5.92 Å². The van der Waals surface area contributed by atoms with Gasteiger partial charge < -0.3 is 0 Å². The standard InChI is InChI=1S/C13H19NO3S/c1-4-11(5-2)13(15)14-18(16,17)12-8-6-10(3)7-9-12/h6-9,11H,4-5H2,1-3H3,(H,14,15). The summed E-state index contributed by atoms with van der Waals surface area (Å²) in [6.07, 6.45) is 1.26. The maximum absolute atomic E-state index is 12.0. The fraction of sp³-hybridized carbons (Fsp3) is 0.462. The quantitative estimate of drug-likeness (QED) is 0.891. The van der Waals surface area contributed by atoms with Crippen molar-refractivity contribution >= 4 is 15.9 Å². The van der Waals surface area contributed by atoms with Gasteiger partial charge in [-0.05, 0) is 31.9 Å². The van der Waals surface area contributed by atoms with E-state index >= 15 is 0 Å². The van der Waals surface area contributed by atoms with E-state index in [4.69, 9.17) is 0 Å². The Morgan fingerprint density at radius 3 is 2.11 bits per heavy atom. The molecule has 0 fully saturated rings. The van der Waals surface area contributed by atoms with Crippen LogP contribution in [0.15, 0.2) is 29.2 Å². The Hall–Kier alpha value is -1.36. The van der Waals surface area contributed by atoms with Crippen LogP contribution in [0, 0.1) is 12.8 Å². The average molecular weight is 269 g/mol. The van der Waals surface area contributed by atoms with Gasteiger partial charge in [-0.25, -0.2) is 13.1 Å². The van der Waals surface area contributed by atoms with Gasteiger partial charge in [0.15, 0.2) is 0 Å². The van der Waals surface area contributed by atoms with Crippen molar-refractivity contribution in [3.8, 4) is 0 Å². The predicted octanol–water partition coefficient (Wildman–Crippen LogP) is 2.24. The molecule has 1 aromatic rings. The van der Waals surface area contributed by atoms with Gasteiger partial charge in [-0.15, -0.1) is 0 Å². The highest BCUT2D eigenvalue weighted by Gasteiger charge is 2.22. The molecule has 5 heteroatoms. The van der Waals surface area contributed by atoms with E-state index in [0.717, 1.165) is 5.56 Å². The SMILES string of the molecule is CCC(CC)C(=O)NS(=O)(=O)c1ccc(C)cc1. The van der Waals surface area contributed by atoms with Crippen LogP contribution in [0.4, 0.5) is 0 Å². The molecular formula is C13H19NO3S. The van der Waals surface area contributed by atoms with E-state index in [-0.39, 0.29) is 10.8 Å². The molecule has 0 saturated carbocycles. The Kier molecular flexibility index (Phi) is 4.90. The lowest BCUT2D eigenvalue weighted by molar-refractivity contribution is -0.123. The predicted molar refractivity (Wildman–Crippen MR) is 70.6 cm³/mol. The van der Waals surface area contributed by atoms with Crippen LogP contribution < -0.4 is 4.72 Å². The van der Waals surface area contributed by atoms with Gasteiger partial charge in [-0.2, -0.15) is 0 Å². The van der Waals surface area contributed by atoms with Gasteiger partial charge in [0, 0.05) is 5.92 Å². The molecule has 0 aliphatic rings. The van der Waals surface area contributed by atoms with E-state index in [2.05, 4.69) is 4.72 Å². The summed E-state index contributed by atoms with van der Waals surface area (Å²) in [5.41, 5.74) is 0.972. The van der Waals surface area contributed by atoms with Gasteiger partial charge in [0.05, 0.1) is 4.90 Å². The van der Waals surface area contributed by atoms with Crippen molar-refractivity contribution in [1.82, 2.24) is 4.72 Å². The van der Waals surface area contributed by atoms with E-state index in [1.807, 2.05) is 20.8 Å². The number of sulfonamides is 1. The highest BCUT2D eigenvalue weighted by molar-refractivity contribution is 7.90. The number of aryl methyl sites for hydroxylation is 1. The maximum Gasteiger partial charge on any atom is 0.264 e. The molecule has 0 bridgehead atoms. The minimum absolute atomic E-state index is 0.118. The Morgan fingerprint density at radius 1 is 1.17 bits per heavy atom. The zero-order valence-corrected chi connectivity index (χ0v) is 11.8. The molecular weight excluding hydrogens is 250 g/mol. The van der Waals surface area contributed by atoms with Crippen molar-refractivity contribution < 1.29 is 13.2 Å². The summed E-state index contributed by atoms with van der Waals surface area (Å²) in [7, 11) is -3.74. The van der Waals surface area contributed by atoms with E-state index in [1.165, 1.54) is 12.1 Å². The first-order valence-corrected chi connectivity index (χ1v) is 7.52. The summed E-state index contributed by atoms with van der Waals surface area (Å²) in [6.45, 7) is 5.61. The van der Waals surface area contributed by atoms with E-state index in [1.54, 1.807) is 12.1 Å². The van der Waals surface area contributed by atoms with Gasteiger partial charge >= 0.3 is 0 Å². The summed E-state index contributed by atoms with van der Waals surface area (Å²) in [6, 6.07) is 6.40. The molecule has 100 valence electrons. The average Bonchev–Trinajstić information content (AvgIpc) is 2.30. The summed E-state index contributed by atoms with van der Waals surface area (Å²) in [5.74, 6) is -0.689. The number of benzene rings is 1. The lowest BCUT2D eigenvalue weighted by Gasteiger charge is -2.13. The van der Waals surface area contributed by atoms with Crippen LogP contribution >= 0.6 is 0 Å². The number of rotatable bonds is 5. The number of hydrogen-bond donors (Lipinski definition) is 1. The summed E-state index contributed by atoms with van der Waals surface area (Å²) in [4.78, 5) is 11.9. The van der Waals surface area contributed by atoms with Crippen LogP contribution in [0.1, 0.15) is 32.3 Å². The third-order valence-electron chi connectivity index (χ3n) is 2.92. The first-order chi connectivity index (χ1) is 8.40. The molecule has 0 atom stereocenters. The molecule has 4 nitrogen and oxygen atoms in total. The van der Waals surface area contributed by atoms with Crippen molar-refractivity contribution in [1.29, 1.82) is 0 Å². The fourth-order valence-corrected chi connectivity index (χ4v) is 2.70. The minimum atomic E-state index is -3.74. The van der Waals surface area contributed by atoms with E-state index < -0.39 is 15.9 Å². The molecule has 1 aromatic carbocycles.